The number of fused-ring (bicyclic) bond motifs is 12. The average molecular weight is 612 g/mol. The van der Waals surface area contributed by atoms with E-state index >= 15 is 0 Å². The van der Waals surface area contributed by atoms with Gasteiger partial charge in [-0.15, -0.1) is 4.68 Å². The number of pyridine rings is 1. The lowest BCUT2D eigenvalue weighted by Gasteiger charge is -2.33. The lowest BCUT2D eigenvalue weighted by Crippen LogP contribution is -2.76. The highest BCUT2D eigenvalue weighted by molar-refractivity contribution is 6.16. The minimum absolute atomic E-state index is 0.655. The molecule has 0 radical (unpaired) electrons. The van der Waals surface area contributed by atoms with Crippen LogP contribution < -0.4 is 9.25 Å². The van der Waals surface area contributed by atoms with Crippen LogP contribution in [0.15, 0.2) is 152 Å². The highest BCUT2D eigenvalue weighted by atomic mass is 15.5. The van der Waals surface area contributed by atoms with E-state index in [1.807, 2.05) is 0 Å². The Bertz CT molecular complexity index is 3130. The van der Waals surface area contributed by atoms with Crippen molar-refractivity contribution in [3.8, 4) is 28.3 Å². The van der Waals surface area contributed by atoms with E-state index in [0.717, 1.165) is 5.82 Å². The molecule has 10 aromatic rings. The summed E-state index contributed by atoms with van der Waals surface area (Å²) < 4.78 is 12.5. The fraction of sp³-hybridized carbons (Fsp3) is 0.0233. The quantitative estimate of drug-likeness (QED) is 0.167. The van der Waals surface area contributed by atoms with E-state index in [0.29, 0.717) is 0 Å². The van der Waals surface area contributed by atoms with Gasteiger partial charge in [0.2, 0.25) is 6.20 Å². The van der Waals surface area contributed by atoms with Gasteiger partial charge in [0.25, 0.3) is 5.82 Å². The summed E-state index contributed by atoms with van der Waals surface area (Å²) in [6.07, 6.45) is 7.05. The second-order valence-corrected chi connectivity index (χ2v) is 13.4. The Labute approximate surface area is 274 Å². The highest BCUT2D eigenvalue weighted by Crippen LogP contribution is 2.54. The predicted molar refractivity (Wildman–Crippen MR) is 189 cm³/mol. The molecule has 1 unspecified atom stereocenters. The van der Waals surface area contributed by atoms with Crippen molar-refractivity contribution in [2.45, 2.75) is 5.66 Å². The lowest BCUT2D eigenvalue weighted by atomic mass is 9.82. The van der Waals surface area contributed by atoms with Crippen LogP contribution in [-0.4, -0.2) is 13.8 Å². The third-order valence-electron chi connectivity index (χ3n) is 11.4. The van der Waals surface area contributed by atoms with Gasteiger partial charge in [-0.05, 0) is 64.9 Å². The summed E-state index contributed by atoms with van der Waals surface area (Å²) in [5.41, 5.74) is 11.9. The topological polar surface area (TPSA) is 22.5 Å². The van der Waals surface area contributed by atoms with Gasteiger partial charge in [-0.3, -0.25) is 0 Å². The van der Waals surface area contributed by atoms with Gasteiger partial charge >= 0.3 is 5.66 Å². The van der Waals surface area contributed by atoms with E-state index in [1.165, 1.54) is 88.0 Å². The van der Waals surface area contributed by atoms with Crippen molar-refractivity contribution in [2.24, 2.45) is 0 Å². The minimum atomic E-state index is -0.655. The van der Waals surface area contributed by atoms with Gasteiger partial charge in [0, 0.05) is 27.6 Å². The fourth-order valence-corrected chi connectivity index (χ4v) is 9.71. The molecule has 7 heterocycles. The summed E-state index contributed by atoms with van der Waals surface area (Å²) >= 11 is 0. The maximum atomic E-state index is 2.55. The van der Waals surface area contributed by atoms with Crippen molar-refractivity contribution in [2.75, 3.05) is 0 Å². The van der Waals surface area contributed by atoms with E-state index in [2.05, 4.69) is 175 Å². The molecular formula is C43H25N5+2. The highest BCUT2D eigenvalue weighted by Gasteiger charge is 2.68. The largest absolute Gasteiger partial charge is 0.394 e. The minimum Gasteiger partial charge on any atom is -0.307 e. The molecule has 5 heteroatoms. The molecule has 1 spiro atoms. The third kappa shape index (κ3) is 2.37. The molecule has 0 saturated heterocycles. The molecule has 220 valence electrons. The van der Waals surface area contributed by atoms with Crippen LogP contribution in [0, 0.1) is 0 Å². The van der Waals surface area contributed by atoms with Crippen LogP contribution in [0.5, 0.6) is 0 Å². The molecule has 0 amide bonds. The second kappa shape index (κ2) is 7.73. The molecule has 48 heavy (non-hydrogen) atoms. The standard InChI is InChI=1S/C43H25N5/c1-2-12-28-26(10-1)11-9-15-29(28)27-24-45-36-21-19-32-30-13-3-5-16-34(30)47-37-22-20-33-31-14-4-6-17-35(31)48-38-18-7-8-23-44(38)43(46(45)25-27,39(36)41(32)47)40(37)42(33)48/h1-25H/q+2. The Kier molecular flexibility index (Phi) is 3.84. The van der Waals surface area contributed by atoms with Crippen molar-refractivity contribution in [1.82, 2.24) is 13.8 Å². The van der Waals surface area contributed by atoms with Gasteiger partial charge < -0.3 is 4.57 Å². The molecule has 6 aromatic carbocycles. The molecule has 0 saturated carbocycles. The van der Waals surface area contributed by atoms with Crippen LogP contribution in [0.3, 0.4) is 0 Å². The normalized spacial score (nSPS) is 16.4. The molecule has 5 nitrogen and oxygen atoms in total. The van der Waals surface area contributed by atoms with E-state index in [4.69, 9.17) is 0 Å². The molecule has 0 aliphatic carbocycles. The van der Waals surface area contributed by atoms with Crippen molar-refractivity contribution in [3.05, 3.63) is 163 Å². The van der Waals surface area contributed by atoms with Crippen LogP contribution in [0.1, 0.15) is 11.1 Å². The average Bonchev–Trinajstić information content (AvgIpc) is 3.88. The lowest BCUT2D eigenvalue weighted by molar-refractivity contribution is -0.993. The zero-order valence-corrected chi connectivity index (χ0v) is 25.7. The van der Waals surface area contributed by atoms with E-state index in [1.54, 1.807) is 0 Å². The van der Waals surface area contributed by atoms with Crippen molar-refractivity contribution in [1.29, 1.82) is 0 Å². The number of hydrogen-bond acceptors (Lipinski definition) is 0. The van der Waals surface area contributed by atoms with E-state index in [9.17, 15) is 0 Å². The first-order chi connectivity index (χ1) is 23.8. The Hall–Kier alpha value is -6.46. The van der Waals surface area contributed by atoms with Crippen molar-refractivity contribution >= 4 is 54.4 Å². The number of rotatable bonds is 1. The summed E-state index contributed by atoms with van der Waals surface area (Å²) in [6, 6.07) is 49.3. The smallest absolute Gasteiger partial charge is 0.307 e. The van der Waals surface area contributed by atoms with Crippen molar-refractivity contribution < 1.29 is 9.25 Å². The Morgan fingerprint density at radius 1 is 0.500 bits per heavy atom. The zero-order chi connectivity index (χ0) is 30.9. The summed E-state index contributed by atoms with van der Waals surface area (Å²) in [4.78, 5) is 0. The second-order valence-electron chi connectivity index (χ2n) is 13.4. The number of hydrogen-bond donors (Lipinski definition) is 0. The van der Waals surface area contributed by atoms with Crippen molar-refractivity contribution in [3.63, 3.8) is 0 Å². The Balaban J connectivity index is 1.31. The maximum Gasteiger partial charge on any atom is 0.394 e. The summed E-state index contributed by atoms with van der Waals surface area (Å²) in [7, 11) is 0. The monoisotopic (exact) mass is 611 g/mol. The van der Waals surface area contributed by atoms with Crippen LogP contribution in [0.2, 0.25) is 0 Å². The molecule has 0 N–H and O–H groups in total. The summed E-state index contributed by atoms with van der Waals surface area (Å²) in [6.45, 7) is 0. The van der Waals surface area contributed by atoms with Crippen LogP contribution in [-0.2, 0) is 5.66 Å². The first-order valence-corrected chi connectivity index (χ1v) is 16.6. The van der Waals surface area contributed by atoms with Gasteiger partial charge in [-0.1, -0.05) is 83.5 Å². The van der Waals surface area contributed by atoms with Gasteiger partial charge in [-0.2, -0.15) is 9.13 Å². The molecule has 3 aliphatic rings. The van der Waals surface area contributed by atoms with E-state index < -0.39 is 5.66 Å². The van der Waals surface area contributed by atoms with Crippen LogP contribution in [0.4, 0.5) is 0 Å². The molecule has 1 atom stereocenters. The van der Waals surface area contributed by atoms with Gasteiger partial charge in [0.15, 0.2) is 5.52 Å². The first kappa shape index (κ1) is 23.8. The molecular weight excluding hydrogens is 587 g/mol. The predicted octanol–water partition coefficient (Wildman–Crippen LogP) is 8.30. The zero-order valence-electron chi connectivity index (χ0n) is 25.7. The van der Waals surface area contributed by atoms with Crippen LogP contribution >= 0.6 is 0 Å². The molecule has 0 bridgehead atoms. The first-order valence-electron chi connectivity index (χ1n) is 16.6. The fourth-order valence-electron chi connectivity index (χ4n) is 9.71. The van der Waals surface area contributed by atoms with Gasteiger partial charge in [0.05, 0.1) is 34.7 Å². The third-order valence-corrected chi connectivity index (χ3v) is 11.4. The van der Waals surface area contributed by atoms with E-state index in [-0.39, 0.29) is 0 Å². The number of para-hydroxylation sites is 2. The molecule has 4 aromatic heterocycles. The number of nitrogens with zero attached hydrogens (tertiary/aromatic N) is 5. The Morgan fingerprint density at radius 2 is 1.15 bits per heavy atom. The van der Waals surface area contributed by atoms with Crippen LogP contribution in [0.25, 0.3) is 82.7 Å². The summed E-state index contributed by atoms with van der Waals surface area (Å²) in [5.74, 6) is 1.16. The molecule has 0 fully saturated rings. The maximum absolute atomic E-state index is 2.55. The SMILES string of the molecule is c1cc[n+]2c(c1)-n1c3ccccc3c3ccc4c(c31)C21c2c(ccc3c5ccccc5n-4c23)-n2cc(-c3cccc4ccccc34)c[n+]21. The number of aromatic nitrogens is 5. The Morgan fingerprint density at radius 3 is 1.98 bits per heavy atom. The molecule has 13 rings (SSSR count). The summed E-state index contributed by atoms with van der Waals surface area (Å²) in [5, 5.41) is 7.66. The molecule has 3 aliphatic heterocycles. The van der Waals surface area contributed by atoms with Gasteiger partial charge in [-0.25, -0.2) is 0 Å². The van der Waals surface area contributed by atoms with Gasteiger partial charge in [0.1, 0.15) is 22.3 Å². The number of benzene rings is 6.